The molecule has 0 aliphatic carbocycles. The second-order valence-corrected chi connectivity index (χ2v) is 7.24. The van der Waals surface area contributed by atoms with Crippen molar-refractivity contribution in [1.29, 1.82) is 0 Å². The molecule has 0 unspecified atom stereocenters. The Morgan fingerprint density at radius 1 is 1.12 bits per heavy atom. The quantitative estimate of drug-likeness (QED) is 0.773. The molecular weight excluding hydrogens is 326 g/mol. The van der Waals surface area contributed by atoms with Gasteiger partial charge < -0.3 is 9.47 Å². The molecule has 2 heterocycles. The number of nitrogens with zero attached hydrogens (tertiary/aromatic N) is 1. The van der Waals surface area contributed by atoms with Crippen molar-refractivity contribution >= 4 is 5.97 Å². The summed E-state index contributed by atoms with van der Waals surface area (Å²) in [4.78, 5) is 15.2. The number of carbonyl (C=O) groups is 1. The summed E-state index contributed by atoms with van der Waals surface area (Å²) in [5.41, 5.74) is 1.57. The number of ether oxygens (including phenoxy) is 2. The largest absolute Gasteiger partial charge is 0.497 e. The van der Waals surface area contributed by atoms with Crippen molar-refractivity contribution < 1.29 is 14.3 Å². The fourth-order valence-electron chi connectivity index (χ4n) is 4.32. The highest BCUT2D eigenvalue weighted by molar-refractivity contribution is 5.73. The number of methoxy groups -OCH3 is 1. The highest BCUT2D eigenvalue weighted by atomic mass is 16.6. The Balaban J connectivity index is 1.52. The van der Waals surface area contributed by atoms with Crippen molar-refractivity contribution in [2.45, 2.75) is 37.3 Å². The third-order valence-corrected chi connectivity index (χ3v) is 5.66. The van der Waals surface area contributed by atoms with Gasteiger partial charge in [-0.2, -0.15) is 0 Å². The van der Waals surface area contributed by atoms with E-state index in [2.05, 4.69) is 17.0 Å². The normalized spacial score (nSPS) is 25.0. The SMILES string of the molecule is COc1ccc(CC(=O)O[C@]2(c3ccccc3)CN3CCCC[C@@H]32)cc1. The molecule has 0 aromatic heterocycles. The second-order valence-electron chi connectivity index (χ2n) is 7.24. The van der Waals surface area contributed by atoms with Gasteiger partial charge in [0.2, 0.25) is 0 Å². The molecule has 2 aliphatic rings. The van der Waals surface area contributed by atoms with Crippen LogP contribution in [0.1, 0.15) is 30.4 Å². The lowest BCUT2D eigenvalue weighted by Gasteiger charge is -2.58. The monoisotopic (exact) mass is 351 g/mol. The first-order valence-corrected chi connectivity index (χ1v) is 9.36. The molecule has 4 rings (SSSR count). The van der Waals surface area contributed by atoms with E-state index in [1.165, 1.54) is 12.8 Å². The first kappa shape index (κ1) is 17.1. The number of piperidine rings is 1. The molecule has 2 saturated heterocycles. The summed E-state index contributed by atoms with van der Waals surface area (Å²) < 4.78 is 11.4. The molecule has 26 heavy (non-hydrogen) atoms. The van der Waals surface area contributed by atoms with E-state index in [1.807, 2.05) is 42.5 Å². The molecule has 0 amide bonds. The third kappa shape index (κ3) is 3.10. The molecule has 2 aromatic rings. The summed E-state index contributed by atoms with van der Waals surface area (Å²) >= 11 is 0. The Labute approximate surface area is 154 Å². The zero-order valence-corrected chi connectivity index (χ0v) is 15.2. The number of rotatable bonds is 5. The van der Waals surface area contributed by atoms with Crippen molar-refractivity contribution in [2.75, 3.05) is 20.2 Å². The highest BCUT2D eigenvalue weighted by Crippen LogP contribution is 2.46. The average molecular weight is 351 g/mol. The maximum atomic E-state index is 12.8. The van der Waals surface area contributed by atoms with Crippen LogP contribution in [0.5, 0.6) is 5.75 Å². The van der Waals surface area contributed by atoms with Crippen molar-refractivity contribution in [2.24, 2.45) is 0 Å². The van der Waals surface area contributed by atoms with Gasteiger partial charge in [0.1, 0.15) is 5.75 Å². The smallest absolute Gasteiger partial charge is 0.311 e. The van der Waals surface area contributed by atoms with Crippen LogP contribution in [0.2, 0.25) is 0 Å². The van der Waals surface area contributed by atoms with E-state index in [1.54, 1.807) is 7.11 Å². The lowest BCUT2D eigenvalue weighted by atomic mass is 9.73. The van der Waals surface area contributed by atoms with Gasteiger partial charge in [0.15, 0.2) is 5.60 Å². The molecule has 0 N–H and O–H groups in total. The summed E-state index contributed by atoms with van der Waals surface area (Å²) in [6.07, 6.45) is 3.81. The predicted octanol–water partition coefficient (Wildman–Crippen LogP) is 3.54. The topological polar surface area (TPSA) is 38.8 Å². The molecule has 4 nitrogen and oxygen atoms in total. The molecule has 2 aliphatic heterocycles. The molecule has 4 heteroatoms. The van der Waals surface area contributed by atoms with Crippen LogP contribution in [0.15, 0.2) is 54.6 Å². The van der Waals surface area contributed by atoms with Crippen LogP contribution in [0.3, 0.4) is 0 Å². The number of benzene rings is 2. The lowest BCUT2D eigenvalue weighted by Crippen LogP contribution is -2.70. The number of hydrogen-bond donors (Lipinski definition) is 0. The molecule has 2 fully saturated rings. The minimum atomic E-state index is -0.495. The van der Waals surface area contributed by atoms with Crippen molar-refractivity contribution in [3.8, 4) is 5.75 Å². The fourth-order valence-corrected chi connectivity index (χ4v) is 4.32. The van der Waals surface area contributed by atoms with Gasteiger partial charge in [-0.3, -0.25) is 9.69 Å². The molecule has 0 spiro atoms. The summed E-state index contributed by atoms with van der Waals surface area (Å²) in [6, 6.07) is 18.1. The first-order chi connectivity index (χ1) is 12.7. The molecular formula is C22H25NO3. The van der Waals surface area contributed by atoms with Crippen LogP contribution in [0, 0.1) is 0 Å². The van der Waals surface area contributed by atoms with Gasteiger partial charge in [-0.1, -0.05) is 48.9 Å². The standard InChI is InChI=1S/C22H25NO3/c1-25-19-12-10-17(11-13-19)15-21(24)26-22(18-7-3-2-4-8-18)16-23-14-6-5-9-20(22)23/h2-4,7-8,10-13,20H,5-6,9,14-16H2,1H3/t20-,22+/m1/s1. The second kappa shape index (κ2) is 7.12. The molecule has 0 saturated carbocycles. The summed E-state index contributed by atoms with van der Waals surface area (Å²) in [6.45, 7) is 1.91. The zero-order valence-electron chi connectivity index (χ0n) is 15.2. The van der Waals surface area contributed by atoms with Crippen molar-refractivity contribution in [3.05, 3.63) is 65.7 Å². The van der Waals surface area contributed by atoms with E-state index in [-0.39, 0.29) is 12.4 Å². The zero-order chi connectivity index (χ0) is 18.0. The van der Waals surface area contributed by atoms with Gasteiger partial charge in [-0.25, -0.2) is 0 Å². The van der Waals surface area contributed by atoms with Crippen LogP contribution in [0.4, 0.5) is 0 Å². The van der Waals surface area contributed by atoms with Crippen molar-refractivity contribution in [3.63, 3.8) is 0 Å². The van der Waals surface area contributed by atoms with Crippen molar-refractivity contribution in [1.82, 2.24) is 4.90 Å². The van der Waals surface area contributed by atoms with Crippen LogP contribution < -0.4 is 4.74 Å². The molecule has 2 aromatic carbocycles. The van der Waals surface area contributed by atoms with Gasteiger partial charge in [0.25, 0.3) is 0 Å². The average Bonchev–Trinajstić information content (AvgIpc) is 2.67. The Kier molecular flexibility index (Phi) is 4.68. The highest BCUT2D eigenvalue weighted by Gasteiger charge is 2.57. The number of esters is 1. The summed E-state index contributed by atoms with van der Waals surface area (Å²) in [5.74, 6) is 0.629. The van der Waals surface area contributed by atoms with E-state index in [9.17, 15) is 4.79 Å². The summed E-state index contributed by atoms with van der Waals surface area (Å²) in [5, 5.41) is 0. The van der Waals surface area contributed by atoms with Gasteiger partial charge in [-0.15, -0.1) is 0 Å². The fraction of sp³-hybridized carbons (Fsp3) is 0.409. The minimum absolute atomic E-state index is 0.163. The lowest BCUT2D eigenvalue weighted by molar-refractivity contribution is -0.210. The van der Waals surface area contributed by atoms with Gasteiger partial charge in [0, 0.05) is 6.54 Å². The van der Waals surface area contributed by atoms with E-state index in [0.29, 0.717) is 6.04 Å². The summed E-state index contributed by atoms with van der Waals surface area (Å²) in [7, 11) is 1.64. The van der Waals surface area contributed by atoms with E-state index >= 15 is 0 Å². The minimum Gasteiger partial charge on any atom is -0.497 e. The van der Waals surface area contributed by atoms with Crippen LogP contribution in [-0.4, -0.2) is 37.1 Å². The Hall–Kier alpha value is -2.33. The van der Waals surface area contributed by atoms with Crippen LogP contribution in [-0.2, 0) is 21.6 Å². The molecule has 136 valence electrons. The maximum absolute atomic E-state index is 12.8. The van der Waals surface area contributed by atoms with E-state index in [4.69, 9.17) is 9.47 Å². The van der Waals surface area contributed by atoms with E-state index < -0.39 is 5.60 Å². The molecule has 0 radical (unpaired) electrons. The van der Waals surface area contributed by atoms with Gasteiger partial charge in [-0.05, 0) is 42.6 Å². The third-order valence-electron chi connectivity index (χ3n) is 5.66. The van der Waals surface area contributed by atoms with E-state index in [0.717, 1.165) is 36.4 Å². The Morgan fingerprint density at radius 3 is 2.58 bits per heavy atom. The number of hydrogen-bond acceptors (Lipinski definition) is 4. The number of carbonyl (C=O) groups excluding carboxylic acids is 1. The number of fused-ring (bicyclic) bond motifs is 1. The predicted molar refractivity (Wildman–Crippen MR) is 100 cm³/mol. The molecule has 0 bridgehead atoms. The maximum Gasteiger partial charge on any atom is 0.311 e. The van der Waals surface area contributed by atoms with Crippen LogP contribution >= 0.6 is 0 Å². The van der Waals surface area contributed by atoms with Gasteiger partial charge in [0.05, 0.1) is 19.6 Å². The first-order valence-electron chi connectivity index (χ1n) is 9.36. The Bertz CT molecular complexity index is 759. The molecule has 2 atom stereocenters. The van der Waals surface area contributed by atoms with Gasteiger partial charge >= 0.3 is 5.97 Å². The Morgan fingerprint density at radius 2 is 1.88 bits per heavy atom. The van der Waals surface area contributed by atoms with Crippen LogP contribution in [0.25, 0.3) is 0 Å².